The van der Waals surface area contributed by atoms with E-state index in [2.05, 4.69) is 11.9 Å². The van der Waals surface area contributed by atoms with Gasteiger partial charge in [0, 0.05) is 23.7 Å². The van der Waals surface area contributed by atoms with Crippen molar-refractivity contribution in [2.24, 2.45) is 16.6 Å². The van der Waals surface area contributed by atoms with Crippen LogP contribution in [0.2, 0.25) is 5.02 Å². The molecule has 0 saturated heterocycles. The fraction of sp³-hybridized carbons (Fsp3) is 0.462. The van der Waals surface area contributed by atoms with Crippen molar-refractivity contribution in [3.63, 3.8) is 0 Å². The van der Waals surface area contributed by atoms with E-state index < -0.39 is 0 Å². The van der Waals surface area contributed by atoms with E-state index >= 15 is 0 Å². The summed E-state index contributed by atoms with van der Waals surface area (Å²) in [6, 6.07) is 7.89. The molecule has 0 aromatic heterocycles. The van der Waals surface area contributed by atoms with Gasteiger partial charge >= 0.3 is 0 Å². The zero-order valence-corrected chi connectivity index (χ0v) is 11.4. The van der Waals surface area contributed by atoms with Crippen LogP contribution in [0.4, 0.5) is 5.69 Å². The number of nitrogens with zero attached hydrogens (tertiary/aromatic N) is 2. The third kappa shape index (κ3) is 2.60. The minimum atomic E-state index is 0.225. The average Bonchev–Trinajstić information content (AvgIpc) is 2.71. The first kappa shape index (κ1) is 13.2. The number of anilines is 1. The summed E-state index contributed by atoms with van der Waals surface area (Å²) in [5, 5.41) is 0.699. The van der Waals surface area contributed by atoms with E-state index in [1.54, 1.807) is 7.11 Å². The molecule has 0 fully saturated rings. The van der Waals surface area contributed by atoms with Crippen molar-refractivity contribution in [3.05, 3.63) is 29.3 Å². The lowest BCUT2D eigenvalue weighted by molar-refractivity contribution is 0.150. The molecule has 18 heavy (non-hydrogen) atoms. The van der Waals surface area contributed by atoms with Gasteiger partial charge in [-0.1, -0.05) is 24.6 Å². The molecule has 2 atom stereocenters. The van der Waals surface area contributed by atoms with Gasteiger partial charge < -0.3 is 15.4 Å². The molecular weight excluding hydrogens is 250 g/mol. The number of rotatable bonds is 4. The Labute approximate surface area is 112 Å². The lowest BCUT2D eigenvalue weighted by Gasteiger charge is -2.30. The second-order valence-electron chi connectivity index (χ2n) is 4.55. The normalized spacial score (nSPS) is 20.9. The fourth-order valence-electron chi connectivity index (χ4n) is 2.27. The van der Waals surface area contributed by atoms with Crippen LogP contribution in [0.3, 0.4) is 0 Å². The Hall–Kier alpha value is -1.26. The van der Waals surface area contributed by atoms with Gasteiger partial charge in [-0.2, -0.15) is 0 Å². The molecule has 0 aliphatic carbocycles. The lowest BCUT2D eigenvalue weighted by Crippen LogP contribution is -2.45. The summed E-state index contributed by atoms with van der Waals surface area (Å²) < 4.78 is 5.21. The van der Waals surface area contributed by atoms with Crippen LogP contribution in [0.25, 0.3) is 0 Å². The molecule has 1 heterocycles. The molecule has 0 radical (unpaired) electrons. The van der Waals surface area contributed by atoms with Crippen molar-refractivity contribution in [1.29, 1.82) is 0 Å². The highest BCUT2D eigenvalue weighted by atomic mass is 35.5. The molecule has 2 rings (SSSR count). The minimum absolute atomic E-state index is 0.225. The van der Waals surface area contributed by atoms with E-state index in [0.29, 0.717) is 30.1 Å². The van der Waals surface area contributed by atoms with Crippen molar-refractivity contribution in [2.75, 3.05) is 25.2 Å². The lowest BCUT2D eigenvalue weighted by atomic mass is 10.0. The van der Waals surface area contributed by atoms with Gasteiger partial charge in [-0.25, -0.2) is 0 Å². The number of hydrogen-bond donors (Lipinski definition) is 1. The van der Waals surface area contributed by atoms with Crippen LogP contribution in [0.15, 0.2) is 29.3 Å². The van der Waals surface area contributed by atoms with Gasteiger partial charge in [-0.15, -0.1) is 0 Å². The van der Waals surface area contributed by atoms with Crippen LogP contribution in [0.1, 0.15) is 6.92 Å². The van der Waals surface area contributed by atoms with Crippen molar-refractivity contribution in [3.8, 4) is 0 Å². The molecule has 98 valence electrons. The Kier molecular flexibility index (Phi) is 4.09. The number of halogens is 1. The minimum Gasteiger partial charge on any atom is -0.384 e. The Morgan fingerprint density at radius 3 is 3.06 bits per heavy atom. The van der Waals surface area contributed by atoms with Gasteiger partial charge in [0.15, 0.2) is 5.96 Å². The largest absolute Gasteiger partial charge is 0.384 e. The van der Waals surface area contributed by atoms with E-state index in [0.717, 1.165) is 5.69 Å². The summed E-state index contributed by atoms with van der Waals surface area (Å²) >= 11 is 6.03. The topological polar surface area (TPSA) is 50.9 Å². The van der Waals surface area contributed by atoms with Gasteiger partial charge in [0.1, 0.15) is 0 Å². The Bertz CT molecular complexity index is 450. The SMILES string of the molecule is COCC(C)C1CN=C(N)N1c1cccc(Cl)c1. The van der Waals surface area contributed by atoms with Crippen LogP contribution < -0.4 is 10.6 Å². The van der Waals surface area contributed by atoms with Crippen LogP contribution in [-0.4, -0.2) is 32.3 Å². The predicted octanol–water partition coefficient (Wildman–Crippen LogP) is 2.13. The molecule has 1 aromatic rings. The van der Waals surface area contributed by atoms with Crippen LogP contribution in [0, 0.1) is 5.92 Å². The number of nitrogens with two attached hydrogens (primary N) is 1. The maximum Gasteiger partial charge on any atom is 0.196 e. The number of ether oxygens (including phenoxy) is 1. The first-order chi connectivity index (χ1) is 8.63. The van der Waals surface area contributed by atoms with Gasteiger partial charge in [-0.3, -0.25) is 4.99 Å². The van der Waals surface area contributed by atoms with Gasteiger partial charge in [-0.05, 0) is 18.2 Å². The van der Waals surface area contributed by atoms with Crippen molar-refractivity contribution >= 4 is 23.2 Å². The van der Waals surface area contributed by atoms with Crippen LogP contribution in [-0.2, 0) is 4.74 Å². The molecule has 1 aromatic carbocycles. The second kappa shape index (κ2) is 5.59. The standard InChI is InChI=1S/C13H18ClN3O/c1-9(8-18-2)12-7-16-13(15)17(12)11-5-3-4-10(14)6-11/h3-6,9,12H,7-8H2,1-2H3,(H2,15,16). The molecule has 1 aliphatic heterocycles. The van der Waals surface area contributed by atoms with E-state index in [4.69, 9.17) is 22.1 Å². The molecule has 0 bridgehead atoms. The zero-order valence-electron chi connectivity index (χ0n) is 10.6. The molecule has 5 heteroatoms. The summed E-state index contributed by atoms with van der Waals surface area (Å²) in [6.45, 7) is 3.52. The highest BCUT2D eigenvalue weighted by Gasteiger charge is 2.31. The summed E-state index contributed by atoms with van der Waals surface area (Å²) in [5.74, 6) is 0.893. The van der Waals surface area contributed by atoms with E-state index in [-0.39, 0.29) is 6.04 Å². The fourth-order valence-corrected chi connectivity index (χ4v) is 2.46. The summed E-state index contributed by atoms with van der Waals surface area (Å²) in [7, 11) is 1.71. The number of guanidine groups is 1. The van der Waals surface area contributed by atoms with Gasteiger partial charge in [0.2, 0.25) is 0 Å². The highest BCUT2D eigenvalue weighted by molar-refractivity contribution is 6.30. The smallest absolute Gasteiger partial charge is 0.196 e. The maximum absolute atomic E-state index is 6.03. The highest BCUT2D eigenvalue weighted by Crippen LogP contribution is 2.27. The molecule has 0 amide bonds. The molecule has 0 spiro atoms. The first-order valence-corrected chi connectivity index (χ1v) is 6.35. The quantitative estimate of drug-likeness (QED) is 0.909. The van der Waals surface area contributed by atoms with Crippen LogP contribution in [0.5, 0.6) is 0 Å². The molecule has 4 nitrogen and oxygen atoms in total. The predicted molar refractivity (Wildman–Crippen MR) is 75.2 cm³/mol. The van der Waals surface area contributed by atoms with Crippen molar-refractivity contribution in [1.82, 2.24) is 0 Å². The van der Waals surface area contributed by atoms with Gasteiger partial charge in [0.25, 0.3) is 0 Å². The van der Waals surface area contributed by atoms with Crippen molar-refractivity contribution < 1.29 is 4.74 Å². The summed E-state index contributed by atoms with van der Waals surface area (Å²) in [6.07, 6.45) is 0. The van der Waals surface area contributed by atoms with Crippen LogP contribution >= 0.6 is 11.6 Å². The van der Waals surface area contributed by atoms with E-state index in [1.807, 2.05) is 29.2 Å². The molecule has 1 aliphatic rings. The Morgan fingerprint density at radius 2 is 2.39 bits per heavy atom. The zero-order chi connectivity index (χ0) is 13.1. The summed E-state index contributed by atoms with van der Waals surface area (Å²) in [5.41, 5.74) is 6.96. The average molecular weight is 268 g/mol. The monoisotopic (exact) mass is 267 g/mol. The van der Waals surface area contributed by atoms with E-state index in [1.165, 1.54) is 0 Å². The van der Waals surface area contributed by atoms with E-state index in [9.17, 15) is 0 Å². The maximum atomic E-state index is 6.03. The molecule has 0 saturated carbocycles. The summed E-state index contributed by atoms with van der Waals surface area (Å²) in [4.78, 5) is 6.37. The Morgan fingerprint density at radius 1 is 1.61 bits per heavy atom. The Balaban J connectivity index is 2.25. The molecule has 2 N–H and O–H groups in total. The number of benzene rings is 1. The number of hydrogen-bond acceptors (Lipinski definition) is 4. The third-order valence-electron chi connectivity index (χ3n) is 3.19. The molecular formula is C13H18ClN3O. The number of aliphatic imine (C=N–C) groups is 1. The third-order valence-corrected chi connectivity index (χ3v) is 3.43. The second-order valence-corrected chi connectivity index (χ2v) is 4.99. The number of methoxy groups -OCH3 is 1. The molecule has 2 unspecified atom stereocenters. The first-order valence-electron chi connectivity index (χ1n) is 5.97. The van der Waals surface area contributed by atoms with Gasteiger partial charge in [0.05, 0.1) is 19.2 Å². The van der Waals surface area contributed by atoms with Crippen molar-refractivity contribution in [2.45, 2.75) is 13.0 Å².